The smallest absolute Gasteiger partial charge is 0.331 e. The van der Waals surface area contributed by atoms with E-state index in [-0.39, 0.29) is 11.6 Å². The fourth-order valence-corrected chi connectivity index (χ4v) is 1.03. The molecule has 15 heavy (non-hydrogen) atoms. The van der Waals surface area contributed by atoms with Gasteiger partial charge in [0.25, 0.3) is 5.88 Å². The maximum absolute atomic E-state index is 10.6. The van der Waals surface area contributed by atoms with Crippen LogP contribution >= 0.6 is 0 Å². The van der Waals surface area contributed by atoms with Crippen LogP contribution in [0.3, 0.4) is 0 Å². The standard InChI is InChI=1S/C9H12N2O4/c1-3-14-8-6-5-7(11(12)13)9(10-8)15-4-2/h5-6H,3-4H2,1-2H3. The van der Waals surface area contributed by atoms with Crippen LogP contribution in [0, 0.1) is 10.1 Å². The molecule has 1 heterocycles. The molecule has 0 spiro atoms. The molecule has 0 atom stereocenters. The molecule has 0 unspecified atom stereocenters. The monoisotopic (exact) mass is 212 g/mol. The highest BCUT2D eigenvalue weighted by Gasteiger charge is 2.17. The van der Waals surface area contributed by atoms with Crippen LogP contribution in [-0.4, -0.2) is 23.1 Å². The van der Waals surface area contributed by atoms with Crippen molar-refractivity contribution in [2.24, 2.45) is 0 Å². The van der Waals surface area contributed by atoms with Gasteiger partial charge in [-0.3, -0.25) is 10.1 Å². The van der Waals surface area contributed by atoms with Crippen LogP contribution in [0.1, 0.15) is 13.8 Å². The molecule has 0 saturated heterocycles. The molecule has 0 aromatic carbocycles. The van der Waals surface area contributed by atoms with Gasteiger partial charge < -0.3 is 9.47 Å². The van der Waals surface area contributed by atoms with E-state index in [1.54, 1.807) is 6.92 Å². The summed E-state index contributed by atoms with van der Waals surface area (Å²) in [7, 11) is 0. The number of nitro groups is 1. The van der Waals surface area contributed by atoms with Crippen LogP contribution < -0.4 is 9.47 Å². The van der Waals surface area contributed by atoms with Crippen molar-refractivity contribution in [1.82, 2.24) is 4.98 Å². The highest BCUT2D eigenvalue weighted by atomic mass is 16.6. The van der Waals surface area contributed by atoms with Crippen LogP contribution in [0.15, 0.2) is 12.1 Å². The Kier molecular flexibility index (Phi) is 3.84. The van der Waals surface area contributed by atoms with Crippen molar-refractivity contribution in [3.8, 4) is 11.8 Å². The Morgan fingerprint density at radius 2 is 2.00 bits per heavy atom. The number of nitrogens with zero attached hydrogens (tertiary/aromatic N) is 2. The minimum Gasteiger partial charge on any atom is -0.478 e. The van der Waals surface area contributed by atoms with Gasteiger partial charge >= 0.3 is 5.69 Å². The van der Waals surface area contributed by atoms with E-state index < -0.39 is 4.92 Å². The zero-order valence-corrected chi connectivity index (χ0v) is 8.60. The highest BCUT2D eigenvalue weighted by molar-refractivity contribution is 5.42. The molecule has 6 nitrogen and oxygen atoms in total. The van der Waals surface area contributed by atoms with E-state index in [0.29, 0.717) is 19.1 Å². The predicted octanol–water partition coefficient (Wildman–Crippen LogP) is 1.79. The van der Waals surface area contributed by atoms with Crippen molar-refractivity contribution in [3.63, 3.8) is 0 Å². The van der Waals surface area contributed by atoms with Gasteiger partial charge in [0.1, 0.15) is 0 Å². The van der Waals surface area contributed by atoms with Crippen LogP contribution in [0.2, 0.25) is 0 Å². The number of aromatic nitrogens is 1. The number of pyridine rings is 1. The molecule has 82 valence electrons. The van der Waals surface area contributed by atoms with Gasteiger partial charge in [0, 0.05) is 12.1 Å². The number of hydrogen-bond donors (Lipinski definition) is 0. The SMILES string of the molecule is CCOc1ccc([N+](=O)[O-])c(OCC)n1. The molecule has 1 rings (SSSR count). The molecule has 1 aromatic heterocycles. The van der Waals surface area contributed by atoms with Crippen LogP contribution in [0.5, 0.6) is 11.8 Å². The Morgan fingerprint density at radius 3 is 2.53 bits per heavy atom. The second kappa shape index (κ2) is 5.14. The van der Waals surface area contributed by atoms with Gasteiger partial charge in [0.05, 0.1) is 18.1 Å². The summed E-state index contributed by atoms with van der Waals surface area (Å²) in [5.74, 6) is 0.319. The summed E-state index contributed by atoms with van der Waals surface area (Å²) < 4.78 is 10.2. The van der Waals surface area contributed by atoms with Crippen LogP contribution in [0.4, 0.5) is 5.69 Å². The van der Waals surface area contributed by atoms with Crippen molar-refractivity contribution in [1.29, 1.82) is 0 Å². The van der Waals surface area contributed by atoms with Gasteiger partial charge in [0.2, 0.25) is 5.88 Å². The van der Waals surface area contributed by atoms with E-state index in [1.165, 1.54) is 12.1 Å². The number of hydrogen-bond acceptors (Lipinski definition) is 5. The first kappa shape index (κ1) is 11.2. The second-order valence-corrected chi connectivity index (χ2v) is 2.60. The summed E-state index contributed by atoms with van der Waals surface area (Å²) in [4.78, 5) is 14.0. The summed E-state index contributed by atoms with van der Waals surface area (Å²) in [6.07, 6.45) is 0. The molecule has 0 aliphatic rings. The van der Waals surface area contributed by atoms with Gasteiger partial charge in [-0.25, -0.2) is 0 Å². The lowest BCUT2D eigenvalue weighted by Gasteiger charge is -2.05. The zero-order chi connectivity index (χ0) is 11.3. The molecule has 0 amide bonds. The summed E-state index contributed by atoms with van der Waals surface area (Å²) in [5.41, 5.74) is -0.152. The summed E-state index contributed by atoms with van der Waals surface area (Å²) >= 11 is 0. The third kappa shape index (κ3) is 2.80. The van der Waals surface area contributed by atoms with Crippen LogP contribution in [-0.2, 0) is 0 Å². The lowest BCUT2D eigenvalue weighted by molar-refractivity contribution is -0.386. The fraction of sp³-hybridized carbons (Fsp3) is 0.444. The average Bonchev–Trinajstić information content (AvgIpc) is 2.18. The van der Waals surface area contributed by atoms with E-state index >= 15 is 0 Å². The van der Waals surface area contributed by atoms with E-state index in [1.807, 2.05) is 6.92 Å². The van der Waals surface area contributed by atoms with Crippen molar-refractivity contribution < 1.29 is 14.4 Å². The maximum atomic E-state index is 10.6. The van der Waals surface area contributed by atoms with Crippen molar-refractivity contribution in [2.75, 3.05) is 13.2 Å². The van der Waals surface area contributed by atoms with Gasteiger partial charge in [-0.1, -0.05) is 0 Å². The summed E-state index contributed by atoms with van der Waals surface area (Å²) in [6.45, 7) is 4.32. The molecule has 0 fully saturated rings. The second-order valence-electron chi connectivity index (χ2n) is 2.60. The summed E-state index contributed by atoms with van der Waals surface area (Å²) in [6, 6.07) is 2.77. The minimum atomic E-state index is -0.534. The lowest BCUT2D eigenvalue weighted by Crippen LogP contribution is -2.02. The normalized spacial score (nSPS) is 9.73. The molecule has 0 N–H and O–H groups in total. The Bertz CT molecular complexity index is 354. The van der Waals surface area contributed by atoms with Gasteiger partial charge in [0.15, 0.2) is 0 Å². The van der Waals surface area contributed by atoms with Gasteiger partial charge in [-0.05, 0) is 13.8 Å². The quantitative estimate of drug-likeness (QED) is 0.549. The Labute approximate surface area is 87.0 Å². The molecule has 0 radical (unpaired) electrons. The molecule has 0 aliphatic carbocycles. The molecule has 1 aromatic rings. The Morgan fingerprint density at radius 1 is 1.33 bits per heavy atom. The average molecular weight is 212 g/mol. The predicted molar refractivity (Wildman–Crippen MR) is 53.2 cm³/mol. The molecular weight excluding hydrogens is 200 g/mol. The van der Waals surface area contributed by atoms with Crippen molar-refractivity contribution in [3.05, 3.63) is 22.2 Å². The highest BCUT2D eigenvalue weighted by Crippen LogP contribution is 2.26. The first-order valence-electron chi connectivity index (χ1n) is 4.60. The largest absolute Gasteiger partial charge is 0.478 e. The van der Waals surface area contributed by atoms with Crippen molar-refractivity contribution in [2.45, 2.75) is 13.8 Å². The molecule has 0 bridgehead atoms. The van der Waals surface area contributed by atoms with Crippen molar-refractivity contribution >= 4 is 5.69 Å². The zero-order valence-electron chi connectivity index (χ0n) is 8.60. The van der Waals surface area contributed by atoms with E-state index in [4.69, 9.17) is 9.47 Å². The molecule has 0 aliphatic heterocycles. The Balaban J connectivity index is 3.03. The summed E-state index contributed by atoms with van der Waals surface area (Å²) in [5, 5.41) is 10.6. The van der Waals surface area contributed by atoms with Gasteiger partial charge in [-0.2, -0.15) is 4.98 Å². The van der Waals surface area contributed by atoms with Gasteiger partial charge in [-0.15, -0.1) is 0 Å². The number of ether oxygens (including phenoxy) is 2. The van der Waals surface area contributed by atoms with E-state index in [2.05, 4.69) is 4.98 Å². The first-order valence-corrected chi connectivity index (χ1v) is 4.60. The lowest BCUT2D eigenvalue weighted by atomic mass is 10.4. The van der Waals surface area contributed by atoms with Crippen LogP contribution in [0.25, 0.3) is 0 Å². The maximum Gasteiger partial charge on any atom is 0.331 e. The van der Waals surface area contributed by atoms with E-state index in [0.717, 1.165) is 0 Å². The number of rotatable bonds is 5. The first-order chi connectivity index (χ1) is 7.19. The Hall–Kier alpha value is -1.85. The molecule has 6 heteroatoms. The third-order valence-corrected chi connectivity index (χ3v) is 1.58. The van der Waals surface area contributed by atoms with E-state index in [9.17, 15) is 10.1 Å². The topological polar surface area (TPSA) is 74.5 Å². The fourth-order valence-electron chi connectivity index (χ4n) is 1.03. The molecular formula is C9H12N2O4. The molecule has 0 saturated carbocycles. The minimum absolute atomic E-state index is 0.00606. The third-order valence-electron chi connectivity index (χ3n) is 1.58.